The molecule has 0 radical (unpaired) electrons. The lowest BCUT2D eigenvalue weighted by Crippen LogP contribution is -1.97. The highest BCUT2D eigenvalue weighted by molar-refractivity contribution is 6.10. The van der Waals surface area contributed by atoms with E-state index in [1.54, 1.807) is 0 Å². The van der Waals surface area contributed by atoms with E-state index in [9.17, 15) is 4.39 Å². The fraction of sp³-hybridized carbons (Fsp3) is 1.00. The third-order valence-electron chi connectivity index (χ3n) is 4.21. The van der Waals surface area contributed by atoms with E-state index in [4.69, 9.17) is 0 Å². The van der Waals surface area contributed by atoms with E-state index in [1.165, 1.54) is 89.9 Å². The minimum atomic E-state index is -0.461. The van der Waals surface area contributed by atoms with Crippen LogP contribution in [0.2, 0.25) is 0 Å². The molecule has 0 saturated carbocycles. The Kier molecular flexibility index (Phi) is 17.3. The van der Waals surface area contributed by atoms with Crippen LogP contribution < -0.4 is 0 Å². The Morgan fingerprint density at radius 1 is 0.600 bits per heavy atom. The van der Waals surface area contributed by atoms with Gasteiger partial charge in [-0.05, 0) is 6.42 Å². The highest BCUT2D eigenvalue weighted by Gasteiger charge is 1.97. The Morgan fingerprint density at radius 2 is 0.900 bits per heavy atom. The van der Waals surface area contributed by atoms with Gasteiger partial charge in [-0.2, -0.15) is 0 Å². The van der Waals surface area contributed by atoms with Crippen LogP contribution in [0.1, 0.15) is 110 Å². The predicted octanol–water partition coefficient (Wildman–Crippen LogP) is 5.91. The fourth-order valence-electron chi connectivity index (χ4n) is 2.80. The molecule has 0 nitrogen and oxygen atoms in total. The summed E-state index contributed by atoms with van der Waals surface area (Å²) in [6, 6.07) is 0. The van der Waals surface area contributed by atoms with Gasteiger partial charge in [-0.15, -0.1) is 0 Å². The first kappa shape index (κ1) is 20.1. The van der Waals surface area contributed by atoms with Crippen molar-refractivity contribution in [1.82, 2.24) is 0 Å². The van der Waals surface area contributed by atoms with E-state index in [0.717, 1.165) is 23.1 Å². The number of halogens is 1. The molecular formula is C18H39FSi. The van der Waals surface area contributed by atoms with Crippen molar-refractivity contribution in [3.8, 4) is 0 Å². The van der Waals surface area contributed by atoms with Crippen LogP contribution in [0, 0.1) is 0 Å². The normalized spacial score (nSPS) is 12.9. The molecule has 0 aromatic carbocycles. The van der Waals surface area contributed by atoms with Crippen molar-refractivity contribution in [3.63, 3.8) is 0 Å². The molecule has 0 aromatic heterocycles. The fourth-order valence-corrected chi connectivity index (χ4v) is 3.21. The van der Waals surface area contributed by atoms with Crippen LogP contribution in [0.25, 0.3) is 0 Å². The lowest BCUT2D eigenvalue weighted by Gasteiger charge is -2.04. The van der Waals surface area contributed by atoms with Crippen LogP contribution in [-0.4, -0.2) is 16.0 Å². The minimum absolute atomic E-state index is 0.461. The van der Waals surface area contributed by atoms with Gasteiger partial charge in [0.2, 0.25) is 0 Å². The zero-order valence-corrected chi connectivity index (χ0v) is 16.3. The van der Waals surface area contributed by atoms with E-state index in [1.807, 2.05) is 0 Å². The third-order valence-corrected chi connectivity index (χ3v) is 4.78. The van der Waals surface area contributed by atoms with E-state index in [0.29, 0.717) is 0 Å². The molecule has 0 N–H and O–H groups in total. The maximum absolute atomic E-state index is 12.6. The van der Waals surface area contributed by atoms with Crippen LogP contribution in [-0.2, 0) is 0 Å². The summed E-state index contributed by atoms with van der Waals surface area (Å²) < 4.78 is 12.6. The summed E-state index contributed by atoms with van der Waals surface area (Å²) in [6.07, 6.45) is 21.6. The quantitative estimate of drug-likeness (QED) is 0.246. The van der Waals surface area contributed by atoms with Gasteiger partial charge >= 0.3 is 0 Å². The van der Waals surface area contributed by atoms with Gasteiger partial charge in [-0.1, -0.05) is 103 Å². The van der Waals surface area contributed by atoms with Crippen LogP contribution in [0.4, 0.5) is 4.39 Å². The first-order chi connectivity index (χ1) is 9.77. The van der Waals surface area contributed by atoms with Crippen molar-refractivity contribution < 1.29 is 4.39 Å². The summed E-state index contributed by atoms with van der Waals surface area (Å²) in [6.45, 7) is 2.28. The van der Waals surface area contributed by atoms with Gasteiger partial charge in [-0.3, -0.25) is 4.39 Å². The zero-order valence-electron chi connectivity index (χ0n) is 14.3. The van der Waals surface area contributed by atoms with E-state index in [2.05, 4.69) is 6.92 Å². The molecule has 0 rings (SSSR count). The maximum atomic E-state index is 12.6. The number of alkyl halides is 1. The second-order valence-electron chi connectivity index (χ2n) is 6.52. The molecule has 0 aliphatic rings. The Morgan fingerprint density at radius 3 is 1.20 bits per heavy atom. The van der Waals surface area contributed by atoms with Crippen molar-refractivity contribution in [3.05, 3.63) is 0 Å². The van der Waals surface area contributed by atoms with Crippen LogP contribution in [0.15, 0.2) is 0 Å². The van der Waals surface area contributed by atoms with Gasteiger partial charge in [0.1, 0.15) is 0 Å². The second-order valence-corrected chi connectivity index (χ2v) is 7.77. The lowest BCUT2D eigenvalue weighted by molar-refractivity contribution is 0.402. The average molecular weight is 303 g/mol. The summed E-state index contributed by atoms with van der Waals surface area (Å²) in [7, 11) is 0.723. The SMILES string of the molecule is CCCCCCCCCCCCCCCCCC(F)[SiH3]. The molecule has 0 fully saturated rings. The van der Waals surface area contributed by atoms with E-state index < -0.39 is 5.79 Å². The number of rotatable bonds is 16. The van der Waals surface area contributed by atoms with Crippen molar-refractivity contribution in [2.45, 2.75) is 115 Å². The molecule has 0 aromatic rings. The molecule has 1 atom stereocenters. The highest BCUT2D eigenvalue weighted by atomic mass is 28.1. The predicted molar refractivity (Wildman–Crippen MR) is 94.4 cm³/mol. The monoisotopic (exact) mass is 302 g/mol. The molecule has 2 heteroatoms. The largest absolute Gasteiger partial charge is 0.253 e. The summed E-state index contributed by atoms with van der Waals surface area (Å²) in [5.41, 5.74) is 0. The summed E-state index contributed by atoms with van der Waals surface area (Å²) in [5.74, 6) is -0.461. The molecule has 20 heavy (non-hydrogen) atoms. The molecular weight excluding hydrogens is 263 g/mol. The van der Waals surface area contributed by atoms with Crippen molar-refractivity contribution in [2.24, 2.45) is 0 Å². The van der Waals surface area contributed by atoms with Gasteiger partial charge in [-0.25, -0.2) is 0 Å². The van der Waals surface area contributed by atoms with Gasteiger partial charge in [0.15, 0.2) is 0 Å². The van der Waals surface area contributed by atoms with Crippen LogP contribution >= 0.6 is 0 Å². The molecule has 0 bridgehead atoms. The third kappa shape index (κ3) is 18.1. The topological polar surface area (TPSA) is 0 Å². The first-order valence-corrected chi connectivity index (χ1v) is 10.6. The van der Waals surface area contributed by atoms with E-state index >= 15 is 0 Å². The zero-order chi connectivity index (χ0) is 14.9. The van der Waals surface area contributed by atoms with Gasteiger partial charge in [0, 0.05) is 10.2 Å². The lowest BCUT2D eigenvalue weighted by atomic mass is 10.0. The molecule has 1 unspecified atom stereocenters. The smallest absolute Gasteiger partial charge is 0.0797 e. The Bertz CT molecular complexity index is 171. The summed E-state index contributed by atoms with van der Waals surface area (Å²) in [5, 5.41) is 0. The number of hydrogen-bond acceptors (Lipinski definition) is 0. The maximum Gasteiger partial charge on any atom is 0.0797 e. The van der Waals surface area contributed by atoms with Gasteiger partial charge in [0.25, 0.3) is 0 Å². The van der Waals surface area contributed by atoms with Crippen molar-refractivity contribution >= 4 is 10.2 Å². The second kappa shape index (κ2) is 17.2. The summed E-state index contributed by atoms with van der Waals surface area (Å²) in [4.78, 5) is 0. The number of unbranched alkanes of at least 4 members (excludes halogenated alkanes) is 14. The molecule has 0 heterocycles. The highest BCUT2D eigenvalue weighted by Crippen LogP contribution is 2.14. The van der Waals surface area contributed by atoms with Crippen molar-refractivity contribution in [2.75, 3.05) is 0 Å². The van der Waals surface area contributed by atoms with Crippen molar-refractivity contribution in [1.29, 1.82) is 0 Å². The first-order valence-electron chi connectivity index (χ1n) is 9.41. The van der Waals surface area contributed by atoms with E-state index in [-0.39, 0.29) is 0 Å². The molecule has 0 spiro atoms. The van der Waals surface area contributed by atoms with Crippen LogP contribution in [0.5, 0.6) is 0 Å². The van der Waals surface area contributed by atoms with Gasteiger partial charge in [0.05, 0.1) is 5.79 Å². The average Bonchev–Trinajstić information content (AvgIpc) is 2.43. The Balaban J connectivity index is 2.92. The molecule has 0 aliphatic carbocycles. The van der Waals surface area contributed by atoms with Gasteiger partial charge < -0.3 is 0 Å². The number of hydrogen-bond donors (Lipinski definition) is 0. The molecule has 0 amide bonds. The standard InChI is InChI=1S/C18H39FSi/c1-2-3-4-5-6-7-8-9-10-11-12-13-14-15-16-17-18(19)20/h18H,2-17H2,1,20H3. The Labute approximate surface area is 130 Å². The van der Waals surface area contributed by atoms with Crippen LogP contribution in [0.3, 0.4) is 0 Å². The Hall–Kier alpha value is 0.147. The molecule has 0 aliphatic heterocycles. The summed E-state index contributed by atoms with van der Waals surface area (Å²) >= 11 is 0. The minimum Gasteiger partial charge on any atom is -0.253 e. The molecule has 122 valence electrons. The molecule has 0 saturated heterocycles.